The van der Waals surface area contributed by atoms with Gasteiger partial charge in [0.05, 0.1) is 5.52 Å². The maximum atomic E-state index is 10.7. The Hall–Kier alpha value is -2.04. The summed E-state index contributed by atoms with van der Waals surface area (Å²) in [7, 11) is 0. The number of nitrogens with zero attached hydrogens (tertiary/aromatic N) is 1. The molecule has 106 valence electrons. The van der Waals surface area contributed by atoms with E-state index < -0.39 is 11.1 Å². The van der Waals surface area contributed by atoms with Crippen molar-refractivity contribution in [1.82, 2.24) is 4.98 Å². The molecule has 0 N–H and O–H groups in total. The molecule has 0 aliphatic heterocycles. The molecule has 1 aromatic heterocycles. The van der Waals surface area contributed by atoms with Crippen LogP contribution in [0.25, 0.3) is 10.9 Å². The molecule has 3 rings (SSSR count). The smallest absolute Gasteiger partial charge is 0.0704 e. The van der Waals surface area contributed by atoms with Gasteiger partial charge >= 0.3 is 0 Å². The van der Waals surface area contributed by atoms with Gasteiger partial charge in [0.1, 0.15) is 0 Å². The zero-order valence-corrected chi connectivity index (χ0v) is 12.2. The minimum Gasteiger partial charge on any atom is -0.772 e. The minimum atomic E-state index is -2.04. The van der Waals surface area contributed by atoms with Gasteiger partial charge in [-0.25, -0.2) is 0 Å². The van der Waals surface area contributed by atoms with Gasteiger partial charge in [0, 0.05) is 17.3 Å². The van der Waals surface area contributed by atoms with Crippen molar-refractivity contribution >= 4 is 22.0 Å². The molecule has 4 heteroatoms. The molecule has 0 saturated carbocycles. The van der Waals surface area contributed by atoms with Gasteiger partial charge in [-0.05, 0) is 35.2 Å². The molecular formula is C17H14NO2S-. The summed E-state index contributed by atoms with van der Waals surface area (Å²) < 4.78 is 21.4. The first-order valence-electron chi connectivity index (χ1n) is 6.69. The van der Waals surface area contributed by atoms with Gasteiger partial charge < -0.3 is 4.55 Å². The zero-order valence-electron chi connectivity index (χ0n) is 11.4. The minimum absolute atomic E-state index is 0.0679. The SMILES string of the molecule is O=S([O-])Cc1ccc(Cc2ccnc3ccccc23)cc1. The number of aromatic nitrogens is 1. The summed E-state index contributed by atoms with van der Waals surface area (Å²) in [5, 5.41) is 1.16. The topological polar surface area (TPSA) is 53.0 Å². The van der Waals surface area contributed by atoms with Crippen LogP contribution in [0.2, 0.25) is 0 Å². The van der Waals surface area contributed by atoms with Gasteiger partial charge in [-0.15, -0.1) is 0 Å². The van der Waals surface area contributed by atoms with Crippen molar-refractivity contribution in [3.05, 3.63) is 77.5 Å². The van der Waals surface area contributed by atoms with E-state index in [4.69, 9.17) is 0 Å². The first-order valence-corrected chi connectivity index (χ1v) is 7.93. The number of rotatable bonds is 4. The van der Waals surface area contributed by atoms with E-state index in [1.807, 2.05) is 54.7 Å². The van der Waals surface area contributed by atoms with Crippen LogP contribution >= 0.6 is 0 Å². The average molecular weight is 296 g/mol. The van der Waals surface area contributed by atoms with Crippen LogP contribution in [0.3, 0.4) is 0 Å². The monoisotopic (exact) mass is 296 g/mol. The van der Waals surface area contributed by atoms with Crippen LogP contribution in [0.15, 0.2) is 60.8 Å². The first kappa shape index (κ1) is 13.9. The lowest BCUT2D eigenvalue weighted by atomic mass is 10.0. The van der Waals surface area contributed by atoms with Crippen molar-refractivity contribution in [3.63, 3.8) is 0 Å². The molecular weight excluding hydrogens is 282 g/mol. The highest BCUT2D eigenvalue weighted by Gasteiger charge is 2.03. The normalized spacial score (nSPS) is 12.4. The second-order valence-corrected chi connectivity index (χ2v) is 5.82. The van der Waals surface area contributed by atoms with Crippen LogP contribution in [0, 0.1) is 0 Å². The second kappa shape index (κ2) is 6.16. The molecule has 0 saturated heterocycles. The zero-order chi connectivity index (χ0) is 14.7. The Kier molecular flexibility index (Phi) is 4.08. The highest BCUT2D eigenvalue weighted by molar-refractivity contribution is 7.78. The molecule has 2 aromatic carbocycles. The largest absolute Gasteiger partial charge is 0.772 e. The molecule has 0 aliphatic rings. The van der Waals surface area contributed by atoms with Gasteiger partial charge in [0.15, 0.2) is 0 Å². The number of para-hydroxylation sites is 1. The van der Waals surface area contributed by atoms with Crippen LogP contribution in [0.1, 0.15) is 16.7 Å². The van der Waals surface area contributed by atoms with Gasteiger partial charge in [0.2, 0.25) is 0 Å². The molecule has 1 heterocycles. The Balaban J connectivity index is 1.87. The van der Waals surface area contributed by atoms with Crippen LogP contribution in [0.5, 0.6) is 0 Å². The predicted octanol–water partition coefficient (Wildman–Crippen LogP) is 3.20. The quantitative estimate of drug-likeness (QED) is 0.695. The molecule has 3 nitrogen and oxygen atoms in total. The Bertz CT molecular complexity index is 779. The molecule has 0 bridgehead atoms. The maximum Gasteiger partial charge on any atom is 0.0704 e. The molecule has 1 unspecified atom stereocenters. The lowest BCUT2D eigenvalue weighted by Gasteiger charge is -2.08. The van der Waals surface area contributed by atoms with E-state index in [0.717, 1.165) is 28.5 Å². The lowest BCUT2D eigenvalue weighted by Crippen LogP contribution is -1.95. The van der Waals surface area contributed by atoms with Crippen molar-refractivity contribution in [2.24, 2.45) is 0 Å². The van der Waals surface area contributed by atoms with Crippen molar-refractivity contribution in [2.45, 2.75) is 12.2 Å². The Morgan fingerprint density at radius 2 is 1.67 bits per heavy atom. The number of benzene rings is 2. The number of hydrogen-bond acceptors (Lipinski definition) is 3. The van der Waals surface area contributed by atoms with Gasteiger partial charge in [-0.1, -0.05) is 53.5 Å². The molecule has 0 aliphatic carbocycles. The first-order chi connectivity index (χ1) is 10.2. The van der Waals surface area contributed by atoms with Gasteiger partial charge in [-0.2, -0.15) is 0 Å². The predicted molar refractivity (Wildman–Crippen MR) is 83.6 cm³/mol. The summed E-state index contributed by atoms with van der Waals surface area (Å²) in [5.74, 6) is 0.0679. The van der Waals surface area contributed by atoms with Crippen molar-refractivity contribution in [2.75, 3.05) is 0 Å². The summed E-state index contributed by atoms with van der Waals surface area (Å²) in [6.45, 7) is 0. The third kappa shape index (κ3) is 3.35. The van der Waals surface area contributed by atoms with E-state index in [-0.39, 0.29) is 5.75 Å². The highest BCUT2D eigenvalue weighted by atomic mass is 32.2. The van der Waals surface area contributed by atoms with Crippen molar-refractivity contribution in [1.29, 1.82) is 0 Å². The van der Waals surface area contributed by atoms with Crippen LogP contribution in [-0.4, -0.2) is 13.7 Å². The molecule has 0 spiro atoms. The molecule has 0 radical (unpaired) electrons. The summed E-state index contributed by atoms with van der Waals surface area (Å²) in [5.41, 5.74) is 4.19. The maximum absolute atomic E-state index is 10.7. The summed E-state index contributed by atoms with van der Waals surface area (Å²) in [4.78, 5) is 4.36. The van der Waals surface area contributed by atoms with E-state index in [1.54, 1.807) is 0 Å². The average Bonchev–Trinajstić information content (AvgIpc) is 2.49. The summed E-state index contributed by atoms with van der Waals surface area (Å²) in [6, 6.07) is 17.8. The third-order valence-electron chi connectivity index (χ3n) is 3.44. The van der Waals surface area contributed by atoms with E-state index >= 15 is 0 Å². The van der Waals surface area contributed by atoms with Crippen LogP contribution < -0.4 is 0 Å². The summed E-state index contributed by atoms with van der Waals surface area (Å²) in [6.07, 6.45) is 2.64. The van der Waals surface area contributed by atoms with Crippen LogP contribution in [-0.2, 0) is 23.3 Å². The summed E-state index contributed by atoms with van der Waals surface area (Å²) >= 11 is -2.04. The van der Waals surface area contributed by atoms with E-state index in [9.17, 15) is 8.76 Å². The van der Waals surface area contributed by atoms with Crippen molar-refractivity contribution < 1.29 is 8.76 Å². The van der Waals surface area contributed by atoms with E-state index in [2.05, 4.69) is 11.1 Å². The van der Waals surface area contributed by atoms with Gasteiger partial charge in [-0.3, -0.25) is 9.19 Å². The lowest BCUT2D eigenvalue weighted by molar-refractivity contribution is 0.536. The standard InChI is InChI=1S/C17H15NO2S/c19-21(20)12-14-7-5-13(6-8-14)11-15-9-10-18-17-4-2-1-3-16(15)17/h1-10H,11-12H2,(H,19,20)/p-1. The third-order valence-corrected chi connectivity index (χ3v) is 4.01. The van der Waals surface area contributed by atoms with Crippen LogP contribution in [0.4, 0.5) is 0 Å². The number of fused-ring (bicyclic) bond motifs is 1. The second-order valence-electron chi connectivity index (χ2n) is 4.93. The molecule has 3 aromatic rings. The fourth-order valence-corrected chi connectivity index (χ4v) is 2.88. The fraction of sp³-hybridized carbons (Fsp3) is 0.118. The molecule has 0 amide bonds. The Morgan fingerprint density at radius 3 is 2.43 bits per heavy atom. The number of pyridine rings is 1. The number of hydrogen-bond donors (Lipinski definition) is 0. The fourth-order valence-electron chi connectivity index (χ4n) is 2.42. The highest BCUT2D eigenvalue weighted by Crippen LogP contribution is 2.19. The molecule has 21 heavy (non-hydrogen) atoms. The molecule has 1 atom stereocenters. The Morgan fingerprint density at radius 1 is 0.952 bits per heavy atom. The van der Waals surface area contributed by atoms with Gasteiger partial charge in [0.25, 0.3) is 0 Å². The molecule has 0 fully saturated rings. The van der Waals surface area contributed by atoms with E-state index in [1.165, 1.54) is 5.56 Å². The van der Waals surface area contributed by atoms with Crippen molar-refractivity contribution in [3.8, 4) is 0 Å². The Labute approximate surface area is 125 Å². The van der Waals surface area contributed by atoms with E-state index in [0.29, 0.717) is 0 Å².